The Balaban J connectivity index is 1.52. The molecule has 158 valence electrons. The molecule has 2 aromatic heterocycles. The van der Waals surface area contributed by atoms with Gasteiger partial charge in [0.1, 0.15) is 10.8 Å². The molecule has 0 atom stereocenters. The van der Waals surface area contributed by atoms with Gasteiger partial charge in [-0.05, 0) is 12.1 Å². The highest BCUT2D eigenvalue weighted by Gasteiger charge is 2.18. The van der Waals surface area contributed by atoms with E-state index in [2.05, 4.69) is 15.0 Å². The summed E-state index contributed by atoms with van der Waals surface area (Å²) in [5.74, 6) is 0.342. The lowest BCUT2D eigenvalue weighted by atomic mass is 10.2. The van der Waals surface area contributed by atoms with Crippen LogP contribution in [0.4, 0.5) is 0 Å². The lowest BCUT2D eigenvalue weighted by Crippen LogP contribution is -2.35. The Morgan fingerprint density at radius 1 is 1.10 bits per heavy atom. The number of benzene rings is 2. The van der Waals surface area contributed by atoms with Crippen LogP contribution >= 0.6 is 11.3 Å². The molecule has 0 bridgehead atoms. The predicted octanol–water partition coefficient (Wildman–Crippen LogP) is 3.26. The molecule has 0 unspecified atom stereocenters. The number of carbonyl (C=O) groups excluding carboxylic acids is 1. The Morgan fingerprint density at radius 2 is 1.87 bits per heavy atom. The first-order valence-corrected chi connectivity index (χ1v) is 10.8. The predicted molar refractivity (Wildman–Crippen MR) is 121 cm³/mol. The van der Waals surface area contributed by atoms with E-state index in [0.717, 1.165) is 16.3 Å². The quantitative estimate of drug-likeness (QED) is 0.460. The van der Waals surface area contributed by atoms with E-state index in [0.29, 0.717) is 29.9 Å². The van der Waals surface area contributed by atoms with Crippen LogP contribution in [0, 0.1) is 0 Å². The number of rotatable bonds is 8. The van der Waals surface area contributed by atoms with Crippen molar-refractivity contribution in [1.82, 2.24) is 19.9 Å². The minimum Gasteiger partial charge on any atom is -0.383 e. The van der Waals surface area contributed by atoms with E-state index in [1.807, 2.05) is 41.8 Å². The number of aromatic amines is 1. The minimum absolute atomic E-state index is 0.0993. The van der Waals surface area contributed by atoms with Crippen LogP contribution in [0.15, 0.2) is 64.8 Å². The van der Waals surface area contributed by atoms with Gasteiger partial charge in [-0.25, -0.2) is 9.97 Å². The molecule has 0 radical (unpaired) electrons. The molecule has 0 fully saturated rings. The molecule has 0 saturated heterocycles. The number of methoxy groups -OCH3 is 1. The molecule has 1 N–H and O–H groups in total. The van der Waals surface area contributed by atoms with Crippen LogP contribution in [0.3, 0.4) is 0 Å². The standard InChI is InChI=1S/C23H22N4O3S/c1-30-12-11-27(14-20-25-19-10-6-5-9-18(19)22(29)26-20)21(28)13-17-15-31-23(24-17)16-7-3-2-4-8-16/h2-10,15H,11-14H2,1H3,(H,25,26,29). The van der Waals surface area contributed by atoms with E-state index in [9.17, 15) is 9.59 Å². The van der Waals surface area contributed by atoms with Crippen molar-refractivity contribution < 1.29 is 9.53 Å². The number of ether oxygens (including phenoxy) is 1. The summed E-state index contributed by atoms with van der Waals surface area (Å²) in [4.78, 5) is 38.9. The van der Waals surface area contributed by atoms with Gasteiger partial charge in [-0.3, -0.25) is 9.59 Å². The molecular formula is C23H22N4O3S. The van der Waals surface area contributed by atoms with Gasteiger partial charge < -0.3 is 14.6 Å². The first kappa shape index (κ1) is 20.9. The zero-order valence-corrected chi connectivity index (χ0v) is 17.9. The largest absolute Gasteiger partial charge is 0.383 e. The number of H-pyrrole nitrogens is 1. The molecule has 2 heterocycles. The number of hydrogen-bond acceptors (Lipinski definition) is 6. The summed E-state index contributed by atoms with van der Waals surface area (Å²) in [6, 6.07) is 17.0. The van der Waals surface area contributed by atoms with E-state index in [-0.39, 0.29) is 24.4 Å². The number of amides is 1. The van der Waals surface area contributed by atoms with Gasteiger partial charge in [0, 0.05) is 24.6 Å². The van der Waals surface area contributed by atoms with Gasteiger partial charge in [0.2, 0.25) is 5.91 Å². The van der Waals surface area contributed by atoms with E-state index in [4.69, 9.17) is 4.74 Å². The number of hydrogen-bond donors (Lipinski definition) is 1. The van der Waals surface area contributed by atoms with Crippen molar-refractivity contribution in [3.63, 3.8) is 0 Å². The Morgan fingerprint density at radius 3 is 2.68 bits per heavy atom. The summed E-state index contributed by atoms with van der Waals surface area (Å²) in [5.41, 5.74) is 2.13. The summed E-state index contributed by atoms with van der Waals surface area (Å²) in [7, 11) is 1.59. The summed E-state index contributed by atoms with van der Waals surface area (Å²) < 4.78 is 5.17. The molecular weight excluding hydrogens is 412 g/mol. The average Bonchev–Trinajstić information content (AvgIpc) is 3.25. The number of thiazole rings is 1. The summed E-state index contributed by atoms with van der Waals surface area (Å²) >= 11 is 1.52. The molecule has 0 spiro atoms. The zero-order valence-electron chi connectivity index (χ0n) is 17.1. The Labute approximate surface area is 183 Å². The van der Waals surface area contributed by atoms with Crippen LogP contribution in [0.1, 0.15) is 11.5 Å². The fraction of sp³-hybridized carbons (Fsp3) is 0.217. The van der Waals surface area contributed by atoms with Crippen LogP contribution in [0.2, 0.25) is 0 Å². The number of fused-ring (bicyclic) bond motifs is 1. The van der Waals surface area contributed by atoms with Crippen LogP contribution in [-0.4, -0.2) is 46.0 Å². The average molecular weight is 435 g/mol. The summed E-state index contributed by atoms with van der Waals surface area (Å²) in [6.45, 7) is 0.968. The fourth-order valence-corrected chi connectivity index (χ4v) is 4.08. The molecule has 8 heteroatoms. The molecule has 0 saturated carbocycles. The molecule has 4 aromatic rings. The molecule has 4 rings (SSSR count). The molecule has 7 nitrogen and oxygen atoms in total. The first-order chi connectivity index (χ1) is 15.1. The van der Waals surface area contributed by atoms with Crippen LogP contribution < -0.4 is 5.56 Å². The van der Waals surface area contributed by atoms with Gasteiger partial charge >= 0.3 is 0 Å². The second-order valence-electron chi connectivity index (χ2n) is 7.02. The van der Waals surface area contributed by atoms with E-state index >= 15 is 0 Å². The van der Waals surface area contributed by atoms with E-state index in [1.54, 1.807) is 30.2 Å². The molecule has 31 heavy (non-hydrogen) atoms. The maximum absolute atomic E-state index is 13.0. The van der Waals surface area contributed by atoms with Gasteiger partial charge in [-0.15, -0.1) is 11.3 Å². The number of carbonyl (C=O) groups is 1. The zero-order chi connectivity index (χ0) is 21.6. The lowest BCUT2D eigenvalue weighted by molar-refractivity contribution is -0.131. The van der Waals surface area contributed by atoms with Gasteiger partial charge in [-0.2, -0.15) is 0 Å². The van der Waals surface area contributed by atoms with Crippen molar-refractivity contribution in [2.75, 3.05) is 20.3 Å². The maximum Gasteiger partial charge on any atom is 0.258 e. The van der Waals surface area contributed by atoms with Crippen molar-refractivity contribution in [3.05, 3.63) is 81.8 Å². The third-order valence-corrected chi connectivity index (χ3v) is 5.77. The van der Waals surface area contributed by atoms with Crippen LogP contribution in [0.25, 0.3) is 21.5 Å². The third-order valence-electron chi connectivity index (χ3n) is 4.83. The molecule has 0 aliphatic heterocycles. The van der Waals surface area contributed by atoms with Crippen molar-refractivity contribution in [2.24, 2.45) is 0 Å². The second kappa shape index (κ2) is 9.63. The van der Waals surface area contributed by atoms with Crippen molar-refractivity contribution in [2.45, 2.75) is 13.0 Å². The first-order valence-electron chi connectivity index (χ1n) is 9.88. The highest BCUT2D eigenvalue weighted by molar-refractivity contribution is 7.13. The highest BCUT2D eigenvalue weighted by Crippen LogP contribution is 2.23. The van der Waals surface area contributed by atoms with Gasteiger partial charge in [0.15, 0.2) is 0 Å². The Kier molecular flexibility index (Phi) is 6.49. The molecule has 1 amide bonds. The lowest BCUT2D eigenvalue weighted by Gasteiger charge is -2.21. The third kappa shape index (κ3) is 5.04. The molecule has 0 aliphatic rings. The van der Waals surface area contributed by atoms with Crippen LogP contribution in [-0.2, 0) is 22.5 Å². The number of nitrogens with zero attached hydrogens (tertiary/aromatic N) is 3. The summed E-state index contributed by atoms with van der Waals surface area (Å²) in [5, 5.41) is 3.31. The topological polar surface area (TPSA) is 88.2 Å². The highest BCUT2D eigenvalue weighted by atomic mass is 32.1. The normalized spacial score (nSPS) is 11.0. The fourth-order valence-electron chi connectivity index (χ4n) is 3.25. The second-order valence-corrected chi connectivity index (χ2v) is 7.88. The number of nitrogens with one attached hydrogen (secondary N) is 1. The monoisotopic (exact) mass is 434 g/mol. The SMILES string of the molecule is COCCN(Cc1nc2ccccc2c(=O)[nH]1)C(=O)Cc1csc(-c2ccccc2)n1. The van der Waals surface area contributed by atoms with Crippen molar-refractivity contribution in [1.29, 1.82) is 0 Å². The number of aromatic nitrogens is 3. The minimum atomic E-state index is -0.216. The molecule has 2 aromatic carbocycles. The van der Waals surface area contributed by atoms with Gasteiger partial charge in [0.05, 0.1) is 36.2 Å². The van der Waals surface area contributed by atoms with Gasteiger partial charge in [0.25, 0.3) is 5.56 Å². The van der Waals surface area contributed by atoms with Crippen molar-refractivity contribution in [3.8, 4) is 10.6 Å². The maximum atomic E-state index is 13.0. The van der Waals surface area contributed by atoms with Crippen LogP contribution in [0.5, 0.6) is 0 Å². The Bertz CT molecular complexity index is 1240. The summed E-state index contributed by atoms with van der Waals surface area (Å²) in [6.07, 6.45) is 0.171. The number of para-hydroxylation sites is 1. The van der Waals surface area contributed by atoms with E-state index < -0.39 is 0 Å². The van der Waals surface area contributed by atoms with Crippen molar-refractivity contribution >= 4 is 28.1 Å². The Hall–Kier alpha value is -3.36. The van der Waals surface area contributed by atoms with E-state index in [1.165, 1.54) is 11.3 Å². The molecule has 0 aliphatic carbocycles. The smallest absolute Gasteiger partial charge is 0.258 e. The van der Waals surface area contributed by atoms with Gasteiger partial charge in [-0.1, -0.05) is 42.5 Å².